The second-order valence-corrected chi connectivity index (χ2v) is 11.4. The predicted octanol–water partition coefficient (Wildman–Crippen LogP) is 5.39. The van der Waals surface area contributed by atoms with E-state index in [9.17, 15) is 9.90 Å². The molecule has 0 saturated carbocycles. The molecule has 8 heteroatoms. The van der Waals surface area contributed by atoms with Crippen molar-refractivity contribution in [3.63, 3.8) is 0 Å². The second-order valence-electron chi connectivity index (χ2n) is 10.6. The lowest BCUT2D eigenvalue weighted by Gasteiger charge is -2.34. The van der Waals surface area contributed by atoms with Crippen molar-refractivity contribution in [1.82, 2.24) is 9.88 Å². The van der Waals surface area contributed by atoms with Gasteiger partial charge in [-0.15, -0.1) is 11.3 Å². The van der Waals surface area contributed by atoms with E-state index in [0.717, 1.165) is 60.5 Å². The van der Waals surface area contributed by atoms with Crippen LogP contribution in [0.1, 0.15) is 35.6 Å². The fourth-order valence-corrected chi connectivity index (χ4v) is 6.24. The van der Waals surface area contributed by atoms with Crippen molar-refractivity contribution in [3.05, 3.63) is 64.0 Å². The molecule has 2 aromatic carbocycles. The highest BCUT2D eigenvalue weighted by Gasteiger charge is 2.32. The van der Waals surface area contributed by atoms with Crippen molar-refractivity contribution in [2.75, 3.05) is 44.3 Å². The van der Waals surface area contributed by atoms with Crippen LogP contribution in [0.25, 0.3) is 11.3 Å². The third-order valence-corrected chi connectivity index (χ3v) is 8.60. The van der Waals surface area contributed by atoms with E-state index in [1.807, 2.05) is 13.0 Å². The number of carbonyl (C=O) groups is 1. The number of carboxylic acids is 1. The molecule has 2 aliphatic heterocycles. The van der Waals surface area contributed by atoms with E-state index in [2.05, 4.69) is 59.4 Å². The summed E-state index contributed by atoms with van der Waals surface area (Å²) in [5.41, 5.74) is 6.77. The summed E-state index contributed by atoms with van der Waals surface area (Å²) in [6.45, 7) is 12.7. The normalized spacial score (nSPS) is 20.4. The number of aryl methyl sites for hydroxylation is 2. The molecule has 38 heavy (non-hydrogen) atoms. The summed E-state index contributed by atoms with van der Waals surface area (Å²) in [4.78, 5) is 21.1. The van der Waals surface area contributed by atoms with E-state index >= 15 is 0 Å². The lowest BCUT2D eigenvalue weighted by molar-refractivity contribution is -0.144. The Balaban J connectivity index is 1.27. The van der Waals surface area contributed by atoms with Crippen LogP contribution in [0.2, 0.25) is 0 Å². The van der Waals surface area contributed by atoms with Gasteiger partial charge in [-0.25, -0.2) is 4.98 Å². The van der Waals surface area contributed by atoms with Gasteiger partial charge in [0.15, 0.2) is 5.13 Å². The highest BCUT2D eigenvalue weighted by atomic mass is 32.1. The van der Waals surface area contributed by atoms with Gasteiger partial charge in [-0.3, -0.25) is 9.69 Å². The number of ether oxygens (including phenoxy) is 2. The Morgan fingerprint density at radius 2 is 1.97 bits per heavy atom. The van der Waals surface area contributed by atoms with E-state index in [4.69, 9.17) is 14.5 Å². The number of hydrogen-bond donors (Lipinski definition) is 1. The minimum Gasteiger partial charge on any atom is -0.488 e. The van der Waals surface area contributed by atoms with Gasteiger partial charge in [0, 0.05) is 43.7 Å². The lowest BCUT2D eigenvalue weighted by atomic mass is 9.87. The van der Waals surface area contributed by atoms with Crippen molar-refractivity contribution in [2.45, 2.75) is 40.3 Å². The molecule has 1 N–H and O–H groups in total. The SMILES string of the molecule is Cc1ccc(OCc2ccc(CN3CCOCC3)cc2C)c(-c2csc(N3CC[C@@H](C(=O)O)[C@@H](C)C3)n2)c1. The van der Waals surface area contributed by atoms with Crippen LogP contribution in [0.4, 0.5) is 5.13 Å². The smallest absolute Gasteiger partial charge is 0.306 e. The van der Waals surface area contributed by atoms with Gasteiger partial charge in [-0.1, -0.05) is 36.8 Å². The monoisotopic (exact) mass is 535 g/mol. The fraction of sp³-hybridized carbons (Fsp3) is 0.467. The molecular weight excluding hydrogens is 498 g/mol. The number of aromatic nitrogens is 1. The third-order valence-electron chi connectivity index (χ3n) is 7.70. The number of morpholine rings is 1. The molecular formula is C30H37N3O4S. The number of rotatable bonds is 8. The molecule has 0 radical (unpaired) electrons. The average Bonchev–Trinajstić information content (AvgIpc) is 3.39. The first-order chi connectivity index (χ1) is 18.4. The average molecular weight is 536 g/mol. The molecule has 1 aromatic heterocycles. The number of nitrogens with zero attached hydrogens (tertiary/aromatic N) is 3. The zero-order valence-corrected chi connectivity index (χ0v) is 23.3. The largest absolute Gasteiger partial charge is 0.488 e. The number of aliphatic carboxylic acids is 1. The Morgan fingerprint density at radius 3 is 2.71 bits per heavy atom. The van der Waals surface area contributed by atoms with Gasteiger partial charge in [-0.05, 0) is 55.0 Å². The van der Waals surface area contributed by atoms with Gasteiger partial charge < -0.3 is 19.5 Å². The number of anilines is 1. The summed E-state index contributed by atoms with van der Waals surface area (Å²) < 4.78 is 11.8. The van der Waals surface area contributed by atoms with Crippen molar-refractivity contribution in [1.29, 1.82) is 0 Å². The molecule has 5 rings (SSSR count). The van der Waals surface area contributed by atoms with Gasteiger partial charge in [0.2, 0.25) is 0 Å². The Hall–Kier alpha value is -2.94. The standard InChI is InChI=1S/C30H37N3O4S/c1-20-4-7-28(37-18-24-6-5-23(15-21(24)2)17-32-10-12-36-13-11-32)26(14-20)27-19-38-30(31-27)33-9-8-25(29(34)35)22(3)16-33/h4-7,14-15,19,22,25H,8-13,16-18H2,1-3H3,(H,34,35)/t22-,25+/m0/s1. The van der Waals surface area contributed by atoms with Crippen LogP contribution in [-0.2, 0) is 22.7 Å². The first-order valence-corrected chi connectivity index (χ1v) is 14.3. The lowest BCUT2D eigenvalue weighted by Crippen LogP contribution is -2.42. The molecule has 7 nitrogen and oxygen atoms in total. The Morgan fingerprint density at radius 1 is 1.16 bits per heavy atom. The molecule has 0 spiro atoms. The summed E-state index contributed by atoms with van der Waals surface area (Å²) in [6, 6.07) is 12.9. The molecule has 0 aliphatic carbocycles. The van der Waals surface area contributed by atoms with Crippen LogP contribution in [0.3, 0.4) is 0 Å². The maximum Gasteiger partial charge on any atom is 0.306 e. The second kappa shape index (κ2) is 11.8. The molecule has 3 heterocycles. The number of benzene rings is 2. The highest BCUT2D eigenvalue weighted by molar-refractivity contribution is 7.14. The highest BCUT2D eigenvalue weighted by Crippen LogP contribution is 2.36. The van der Waals surface area contributed by atoms with Crippen molar-refractivity contribution in [2.24, 2.45) is 11.8 Å². The summed E-state index contributed by atoms with van der Waals surface area (Å²) in [6.07, 6.45) is 0.648. The Kier molecular flexibility index (Phi) is 8.31. The van der Waals surface area contributed by atoms with Gasteiger partial charge >= 0.3 is 5.97 Å². The molecule has 2 atom stereocenters. The van der Waals surface area contributed by atoms with E-state index in [-0.39, 0.29) is 11.8 Å². The molecule has 202 valence electrons. The summed E-state index contributed by atoms with van der Waals surface area (Å²) >= 11 is 1.61. The van der Waals surface area contributed by atoms with Crippen molar-refractivity contribution in [3.8, 4) is 17.0 Å². The van der Waals surface area contributed by atoms with E-state index in [1.54, 1.807) is 11.3 Å². The number of hydrogen-bond acceptors (Lipinski definition) is 7. The Bertz CT molecular complexity index is 1270. The third kappa shape index (κ3) is 6.20. The van der Waals surface area contributed by atoms with Gasteiger partial charge in [0.05, 0.1) is 24.8 Å². The number of piperidine rings is 1. The summed E-state index contributed by atoms with van der Waals surface area (Å²) in [7, 11) is 0. The van der Waals surface area contributed by atoms with E-state index < -0.39 is 5.97 Å². The topological polar surface area (TPSA) is 75.1 Å². The first-order valence-electron chi connectivity index (χ1n) is 13.4. The van der Waals surface area contributed by atoms with Crippen LogP contribution in [0, 0.1) is 25.7 Å². The predicted molar refractivity (Wildman–Crippen MR) is 151 cm³/mol. The zero-order chi connectivity index (χ0) is 26.6. The molecule has 0 amide bonds. The van der Waals surface area contributed by atoms with Crippen LogP contribution < -0.4 is 9.64 Å². The number of carboxylic acid groups (broad SMARTS) is 1. The quantitative estimate of drug-likeness (QED) is 0.415. The summed E-state index contributed by atoms with van der Waals surface area (Å²) in [5, 5.41) is 12.5. The zero-order valence-electron chi connectivity index (χ0n) is 22.5. The first kappa shape index (κ1) is 26.7. The van der Waals surface area contributed by atoms with Crippen LogP contribution in [0.15, 0.2) is 41.8 Å². The van der Waals surface area contributed by atoms with Gasteiger partial charge in [-0.2, -0.15) is 0 Å². The molecule has 2 saturated heterocycles. The fourth-order valence-electron chi connectivity index (χ4n) is 5.38. The van der Waals surface area contributed by atoms with Crippen molar-refractivity contribution >= 4 is 22.4 Å². The van der Waals surface area contributed by atoms with Crippen molar-refractivity contribution < 1.29 is 19.4 Å². The van der Waals surface area contributed by atoms with Crippen LogP contribution in [0.5, 0.6) is 5.75 Å². The maximum atomic E-state index is 11.5. The maximum absolute atomic E-state index is 11.5. The summed E-state index contributed by atoms with van der Waals surface area (Å²) in [5.74, 6) is -0.0583. The molecule has 0 unspecified atom stereocenters. The van der Waals surface area contributed by atoms with Gasteiger partial charge in [0.25, 0.3) is 0 Å². The Labute approximate surface area is 229 Å². The molecule has 2 aliphatic rings. The minimum absolute atomic E-state index is 0.0926. The van der Waals surface area contributed by atoms with Crippen LogP contribution >= 0.6 is 11.3 Å². The number of thiazole rings is 1. The molecule has 2 fully saturated rings. The molecule has 3 aromatic rings. The van der Waals surface area contributed by atoms with E-state index in [1.165, 1.54) is 16.7 Å². The van der Waals surface area contributed by atoms with Gasteiger partial charge in [0.1, 0.15) is 12.4 Å². The van der Waals surface area contributed by atoms with Crippen LogP contribution in [-0.4, -0.2) is 60.4 Å². The molecule has 0 bridgehead atoms. The minimum atomic E-state index is -0.694. The van der Waals surface area contributed by atoms with E-state index in [0.29, 0.717) is 26.1 Å².